The van der Waals surface area contributed by atoms with Crippen LogP contribution in [0.2, 0.25) is 0 Å². The smallest absolute Gasteiger partial charge is 0.267 e. The first-order valence-electron chi connectivity index (χ1n) is 6.57. The van der Waals surface area contributed by atoms with Crippen molar-refractivity contribution in [2.75, 3.05) is 24.7 Å². The highest BCUT2D eigenvalue weighted by atomic mass is 32.2. The quantitative estimate of drug-likeness (QED) is 0.402. The van der Waals surface area contributed by atoms with Crippen molar-refractivity contribution in [3.05, 3.63) is 0 Å². The maximum absolute atomic E-state index is 11.3. The zero-order valence-electron chi connectivity index (χ0n) is 11.6. The summed E-state index contributed by atoms with van der Waals surface area (Å²) in [6.07, 6.45) is 2.91. The minimum absolute atomic E-state index is 0.000838. The van der Waals surface area contributed by atoms with Gasteiger partial charge in [-0.05, 0) is 19.3 Å². The van der Waals surface area contributed by atoms with Crippen molar-refractivity contribution in [1.82, 2.24) is 0 Å². The van der Waals surface area contributed by atoms with Gasteiger partial charge >= 0.3 is 0 Å². The van der Waals surface area contributed by atoms with Crippen molar-refractivity contribution in [1.29, 1.82) is 0 Å². The molecule has 0 saturated carbocycles. The first kappa shape index (κ1) is 18.8. The van der Waals surface area contributed by atoms with Crippen LogP contribution in [0.3, 0.4) is 0 Å². The molecule has 0 heterocycles. The first-order chi connectivity index (χ1) is 8.83. The summed E-state index contributed by atoms with van der Waals surface area (Å²) in [5, 5.41) is 0. The summed E-state index contributed by atoms with van der Waals surface area (Å²) in [4.78, 5) is 0. The van der Waals surface area contributed by atoms with Crippen LogP contribution in [0.15, 0.2) is 0 Å². The Morgan fingerprint density at radius 1 is 0.684 bits per heavy atom. The lowest BCUT2D eigenvalue weighted by Gasteiger charge is -2.06. The molecule has 0 aromatic rings. The van der Waals surface area contributed by atoms with Gasteiger partial charge in [0.2, 0.25) is 0 Å². The third-order valence-corrected chi connectivity index (χ3v) is 4.94. The van der Waals surface area contributed by atoms with Crippen LogP contribution in [0.25, 0.3) is 0 Å². The molecule has 0 radical (unpaired) electrons. The lowest BCUT2D eigenvalue weighted by atomic mass is 10.4. The topological polar surface area (TPSA) is 86.7 Å². The van der Waals surface area contributed by atoms with Gasteiger partial charge in [0.1, 0.15) is 0 Å². The van der Waals surface area contributed by atoms with Gasteiger partial charge in [0, 0.05) is 0 Å². The van der Waals surface area contributed by atoms with E-state index in [0.29, 0.717) is 12.8 Å². The molecule has 0 bridgehead atoms. The van der Waals surface area contributed by atoms with E-state index in [9.17, 15) is 16.8 Å². The molecule has 116 valence electrons. The van der Waals surface area contributed by atoms with Crippen molar-refractivity contribution in [2.24, 2.45) is 0 Å². The molecule has 0 aromatic carbocycles. The molecule has 0 spiro atoms. The van der Waals surface area contributed by atoms with E-state index >= 15 is 0 Å². The Labute approximate surface area is 116 Å². The van der Waals surface area contributed by atoms with Crippen LogP contribution in [-0.4, -0.2) is 41.6 Å². The average molecular weight is 316 g/mol. The number of unbranched alkanes of at least 4 members (excludes halogenated alkanes) is 2. The molecule has 0 aromatic heterocycles. The van der Waals surface area contributed by atoms with Gasteiger partial charge in [0.25, 0.3) is 20.2 Å². The largest absolute Gasteiger partial charge is 0.270 e. The lowest BCUT2D eigenvalue weighted by molar-refractivity contribution is 0.254. The van der Waals surface area contributed by atoms with E-state index in [1.165, 1.54) is 0 Å². The van der Waals surface area contributed by atoms with E-state index in [2.05, 4.69) is 0 Å². The summed E-state index contributed by atoms with van der Waals surface area (Å²) in [6.45, 7) is 3.69. The van der Waals surface area contributed by atoms with Crippen molar-refractivity contribution < 1.29 is 25.2 Å². The van der Waals surface area contributed by atoms with Gasteiger partial charge < -0.3 is 0 Å². The molecular weight excluding hydrogens is 292 g/mol. The van der Waals surface area contributed by atoms with E-state index in [1.54, 1.807) is 0 Å². The summed E-state index contributed by atoms with van der Waals surface area (Å²) in [5.74, 6) is -0.00168. The van der Waals surface area contributed by atoms with Gasteiger partial charge in [-0.15, -0.1) is 0 Å². The van der Waals surface area contributed by atoms with Crippen molar-refractivity contribution in [2.45, 2.75) is 46.0 Å². The van der Waals surface area contributed by atoms with E-state index in [4.69, 9.17) is 8.37 Å². The van der Waals surface area contributed by atoms with E-state index in [1.807, 2.05) is 13.8 Å². The molecule has 0 saturated heterocycles. The van der Waals surface area contributed by atoms with E-state index < -0.39 is 20.2 Å². The van der Waals surface area contributed by atoms with Crippen LogP contribution in [0, 0.1) is 0 Å². The summed E-state index contributed by atoms with van der Waals surface area (Å²) in [7, 11) is -6.96. The molecule has 0 aliphatic heterocycles. The third-order valence-electron chi connectivity index (χ3n) is 2.31. The molecule has 0 rings (SSSR count). The Morgan fingerprint density at radius 2 is 1.05 bits per heavy atom. The Balaban J connectivity index is 3.76. The Bertz CT molecular complexity index is 372. The number of rotatable bonds is 12. The second-order valence-electron chi connectivity index (χ2n) is 4.23. The van der Waals surface area contributed by atoms with Crippen LogP contribution in [0.4, 0.5) is 0 Å². The summed E-state index contributed by atoms with van der Waals surface area (Å²) in [6, 6.07) is 0. The first-order valence-corrected chi connectivity index (χ1v) is 9.72. The minimum Gasteiger partial charge on any atom is -0.270 e. The van der Waals surface area contributed by atoms with E-state index in [0.717, 1.165) is 12.8 Å². The standard InChI is InChI=1S/C11H24O6S2/c1-3-5-10-18(12,13)16-8-7-9-17-19(14,15)11-6-4-2/h3-11H2,1-2H3. The molecule has 6 nitrogen and oxygen atoms in total. The maximum atomic E-state index is 11.3. The monoisotopic (exact) mass is 316 g/mol. The SMILES string of the molecule is CCCCS(=O)(=O)OCCCOS(=O)(=O)CCCC. The van der Waals surface area contributed by atoms with Crippen LogP contribution < -0.4 is 0 Å². The predicted molar refractivity (Wildman–Crippen MR) is 73.9 cm³/mol. The van der Waals surface area contributed by atoms with Gasteiger partial charge in [-0.3, -0.25) is 8.37 Å². The second-order valence-corrected chi connectivity index (χ2v) is 7.75. The average Bonchev–Trinajstić information content (AvgIpc) is 2.33. The van der Waals surface area contributed by atoms with Crippen LogP contribution >= 0.6 is 0 Å². The highest BCUT2D eigenvalue weighted by Crippen LogP contribution is 2.02. The van der Waals surface area contributed by atoms with Crippen molar-refractivity contribution >= 4 is 20.2 Å². The van der Waals surface area contributed by atoms with E-state index in [-0.39, 0.29) is 31.1 Å². The molecular formula is C11H24O6S2. The minimum atomic E-state index is -3.48. The molecule has 0 unspecified atom stereocenters. The fraction of sp³-hybridized carbons (Fsp3) is 1.00. The molecule has 0 aliphatic rings. The maximum Gasteiger partial charge on any atom is 0.267 e. The summed E-state index contributed by atoms with van der Waals surface area (Å²) >= 11 is 0. The molecule has 19 heavy (non-hydrogen) atoms. The fourth-order valence-corrected chi connectivity index (χ4v) is 3.45. The van der Waals surface area contributed by atoms with Gasteiger partial charge in [-0.2, -0.15) is 16.8 Å². The molecule has 0 fully saturated rings. The van der Waals surface area contributed by atoms with Gasteiger partial charge in [0.15, 0.2) is 0 Å². The third kappa shape index (κ3) is 11.4. The molecule has 0 amide bonds. The zero-order valence-corrected chi connectivity index (χ0v) is 13.3. The van der Waals surface area contributed by atoms with Gasteiger partial charge in [-0.25, -0.2) is 0 Å². The Morgan fingerprint density at radius 3 is 1.37 bits per heavy atom. The fourth-order valence-electron chi connectivity index (χ4n) is 1.19. The van der Waals surface area contributed by atoms with Crippen LogP contribution in [0.1, 0.15) is 46.0 Å². The highest BCUT2D eigenvalue weighted by Gasteiger charge is 2.12. The number of hydrogen-bond acceptors (Lipinski definition) is 6. The molecule has 0 N–H and O–H groups in total. The molecule has 8 heteroatoms. The van der Waals surface area contributed by atoms with Crippen LogP contribution in [0.5, 0.6) is 0 Å². The molecule has 0 aliphatic carbocycles. The van der Waals surface area contributed by atoms with Crippen LogP contribution in [-0.2, 0) is 28.6 Å². The lowest BCUT2D eigenvalue weighted by Crippen LogP contribution is -2.15. The molecule has 0 atom stereocenters. The zero-order chi connectivity index (χ0) is 14.8. The Kier molecular flexibility index (Phi) is 9.59. The normalized spacial score (nSPS) is 12.7. The number of hydrogen-bond donors (Lipinski definition) is 0. The van der Waals surface area contributed by atoms with Gasteiger partial charge in [-0.1, -0.05) is 26.7 Å². The Hall–Kier alpha value is -0.180. The summed E-state index contributed by atoms with van der Waals surface area (Å²) < 4.78 is 54.7. The van der Waals surface area contributed by atoms with Gasteiger partial charge in [0.05, 0.1) is 24.7 Å². The highest BCUT2D eigenvalue weighted by molar-refractivity contribution is 7.86. The van der Waals surface area contributed by atoms with Crippen molar-refractivity contribution in [3.8, 4) is 0 Å². The van der Waals surface area contributed by atoms with Crippen molar-refractivity contribution in [3.63, 3.8) is 0 Å². The predicted octanol–water partition coefficient (Wildman–Crippen LogP) is 1.67. The summed E-state index contributed by atoms with van der Waals surface area (Å²) in [5.41, 5.74) is 0. The second kappa shape index (κ2) is 9.68.